The van der Waals surface area contributed by atoms with Crippen molar-refractivity contribution in [3.63, 3.8) is 0 Å². The first-order chi connectivity index (χ1) is 31.8. The van der Waals surface area contributed by atoms with Gasteiger partial charge >= 0.3 is 0 Å². The first kappa shape index (κ1) is 41.5. The van der Waals surface area contributed by atoms with Crippen molar-refractivity contribution in [2.24, 2.45) is 0 Å². The van der Waals surface area contributed by atoms with E-state index in [1.165, 1.54) is 72.0 Å². The second kappa shape index (κ2) is 15.5. The summed E-state index contributed by atoms with van der Waals surface area (Å²) < 4.78 is 6.57. The zero-order valence-corrected chi connectivity index (χ0v) is 39.5. The third-order valence-electron chi connectivity index (χ3n) is 14.2. The molecule has 0 amide bonds. The van der Waals surface area contributed by atoms with Crippen LogP contribution in [0.3, 0.4) is 0 Å². The highest BCUT2D eigenvalue weighted by molar-refractivity contribution is 6.12. The van der Waals surface area contributed by atoms with Crippen LogP contribution in [0.2, 0.25) is 0 Å². The number of fused-ring (bicyclic) bond motifs is 6. The summed E-state index contributed by atoms with van der Waals surface area (Å²) in [6.45, 7) is 18.7. The molecule has 2 nitrogen and oxygen atoms in total. The van der Waals surface area contributed by atoms with Crippen LogP contribution in [0.4, 0.5) is 17.1 Å². The smallest absolute Gasteiger partial charge is 0.137 e. The Balaban J connectivity index is 1.11. The third kappa shape index (κ3) is 6.94. The Bertz CT molecular complexity index is 3440. The molecule has 2 heteroatoms. The van der Waals surface area contributed by atoms with Gasteiger partial charge in [0.15, 0.2) is 0 Å². The lowest BCUT2D eigenvalue weighted by molar-refractivity contribution is 0.569. The first-order valence-corrected chi connectivity index (χ1v) is 23.6. The van der Waals surface area contributed by atoms with Gasteiger partial charge in [-0.2, -0.15) is 0 Å². The lowest BCUT2D eigenvalue weighted by Crippen LogP contribution is -2.16. The molecule has 0 unspecified atom stereocenters. The number of para-hydroxylation sites is 2. The molecule has 0 atom stereocenters. The minimum atomic E-state index is -0.0760. The summed E-state index contributed by atoms with van der Waals surface area (Å²) in [6.07, 6.45) is 7.99. The van der Waals surface area contributed by atoms with Gasteiger partial charge in [-0.05, 0) is 126 Å². The lowest BCUT2D eigenvalue weighted by Gasteiger charge is -2.29. The van der Waals surface area contributed by atoms with Gasteiger partial charge in [0.2, 0.25) is 0 Å². The molecule has 9 aromatic rings. The van der Waals surface area contributed by atoms with Crippen LogP contribution in [0, 0.1) is 0 Å². The summed E-state index contributed by atoms with van der Waals surface area (Å²) in [7, 11) is 0. The van der Waals surface area contributed by atoms with Gasteiger partial charge in [-0.3, -0.25) is 0 Å². The Hall–Kier alpha value is -7.16. The van der Waals surface area contributed by atoms with Crippen LogP contribution in [-0.2, 0) is 16.2 Å². The minimum absolute atomic E-state index is 0.00589. The minimum Gasteiger partial charge on any atom is -0.456 e. The standard InChI is InChI=1S/C64H57NO/c1-62(2,3)44-37-43(38-45(39-44)63(4,5)6)49-25-17-19-42-20-18-26-53(60(42)49)50-22-11-15-29-57(50)65(47-35-36-52-51-23-12-16-30-58(51)66-59(52)40-47)46-33-31-41(32-34-46)48-21-9-14-28-56-61(48)54-24-10-13-27-55(54)64(56,7)8/h10-40H,9H2,1-8H3. The molecular formula is C64H57NO. The van der Waals surface area contributed by atoms with E-state index < -0.39 is 0 Å². The molecule has 66 heavy (non-hydrogen) atoms. The second-order valence-electron chi connectivity index (χ2n) is 20.9. The molecule has 2 aliphatic carbocycles. The molecule has 0 radical (unpaired) electrons. The Morgan fingerprint density at radius 1 is 0.515 bits per heavy atom. The van der Waals surface area contributed by atoms with Crippen LogP contribution >= 0.6 is 0 Å². The fraction of sp³-hybridized carbons (Fsp3) is 0.188. The van der Waals surface area contributed by atoms with E-state index >= 15 is 0 Å². The van der Waals surface area contributed by atoms with Gasteiger partial charge in [0, 0.05) is 39.2 Å². The fourth-order valence-electron chi connectivity index (χ4n) is 10.6. The molecule has 0 saturated heterocycles. The molecule has 1 aromatic heterocycles. The highest BCUT2D eigenvalue weighted by Gasteiger charge is 2.38. The van der Waals surface area contributed by atoms with E-state index in [-0.39, 0.29) is 16.2 Å². The maximum absolute atomic E-state index is 6.57. The number of allylic oxidation sites excluding steroid dienone is 6. The topological polar surface area (TPSA) is 16.4 Å². The Morgan fingerprint density at radius 3 is 1.88 bits per heavy atom. The Morgan fingerprint density at radius 2 is 1.14 bits per heavy atom. The number of nitrogens with zero attached hydrogens (tertiary/aromatic N) is 1. The van der Waals surface area contributed by atoms with Crippen molar-refractivity contribution >= 4 is 60.9 Å². The Kier molecular flexibility index (Phi) is 9.75. The zero-order valence-electron chi connectivity index (χ0n) is 39.5. The predicted molar refractivity (Wildman–Crippen MR) is 282 cm³/mol. The molecule has 0 bridgehead atoms. The average molecular weight is 856 g/mol. The normalized spacial score (nSPS) is 14.7. The van der Waals surface area contributed by atoms with Gasteiger partial charge in [0.25, 0.3) is 0 Å². The van der Waals surface area contributed by atoms with E-state index in [4.69, 9.17) is 4.42 Å². The number of furan rings is 1. The number of benzene rings is 8. The summed E-state index contributed by atoms with van der Waals surface area (Å²) in [5.74, 6) is 0. The fourth-order valence-corrected chi connectivity index (χ4v) is 10.6. The quantitative estimate of drug-likeness (QED) is 0.166. The van der Waals surface area contributed by atoms with E-state index in [9.17, 15) is 0 Å². The van der Waals surface area contributed by atoms with Gasteiger partial charge in [-0.15, -0.1) is 0 Å². The van der Waals surface area contributed by atoms with Gasteiger partial charge in [-0.25, -0.2) is 0 Å². The SMILES string of the molecule is CC(C)(C)c1cc(-c2cccc3cccc(-c4ccccc4N(c4ccc(C5=CCC=CC6=C5c5ccccc5C6(C)C)cc4)c4ccc5c(c4)oc4ccccc45)c23)cc(C(C)(C)C)c1. The van der Waals surface area contributed by atoms with Gasteiger partial charge in [-0.1, -0.05) is 201 Å². The van der Waals surface area contributed by atoms with Crippen LogP contribution in [0.1, 0.15) is 89.6 Å². The van der Waals surface area contributed by atoms with Crippen molar-refractivity contribution in [2.45, 2.75) is 78.1 Å². The molecule has 0 spiro atoms. The maximum Gasteiger partial charge on any atom is 0.137 e. The summed E-state index contributed by atoms with van der Waals surface area (Å²) >= 11 is 0. The zero-order chi connectivity index (χ0) is 45.5. The molecule has 8 aromatic carbocycles. The van der Waals surface area contributed by atoms with Crippen molar-refractivity contribution in [3.8, 4) is 22.3 Å². The van der Waals surface area contributed by atoms with Crippen molar-refractivity contribution < 1.29 is 4.42 Å². The largest absolute Gasteiger partial charge is 0.456 e. The van der Waals surface area contributed by atoms with Crippen molar-refractivity contribution in [1.29, 1.82) is 0 Å². The summed E-state index contributed by atoms with van der Waals surface area (Å²) in [5, 5.41) is 4.70. The average Bonchev–Trinajstić information content (AvgIpc) is 3.67. The molecule has 0 saturated carbocycles. The van der Waals surface area contributed by atoms with Gasteiger partial charge in [0.1, 0.15) is 11.2 Å². The highest BCUT2D eigenvalue weighted by atomic mass is 16.3. The summed E-state index contributed by atoms with van der Waals surface area (Å²) in [4.78, 5) is 2.42. The molecule has 324 valence electrons. The molecule has 0 fully saturated rings. The van der Waals surface area contributed by atoms with Crippen LogP contribution in [0.15, 0.2) is 198 Å². The summed E-state index contributed by atoms with van der Waals surface area (Å²) in [5.41, 5.74) is 20.4. The molecule has 2 aliphatic rings. The highest BCUT2D eigenvalue weighted by Crippen LogP contribution is 2.53. The van der Waals surface area contributed by atoms with Crippen molar-refractivity contribution in [2.75, 3.05) is 4.90 Å². The van der Waals surface area contributed by atoms with E-state index in [0.717, 1.165) is 51.0 Å². The Labute approximate surface area is 390 Å². The second-order valence-corrected chi connectivity index (χ2v) is 20.9. The van der Waals surface area contributed by atoms with Gasteiger partial charge in [0.05, 0.1) is 5.69 Å². The first-order valence-electron chi connectivity index (χ1n) is 23.6. The van der Waals surface area contributed by atoms with Crippen molar-refractivity contribution in [3.05, 3.63) is 221 Å². The summed E-state index contributed by atoms with van der Waals surface area (Å²) in [6, 6.07) is 63.0. The van der Waals surface area contributed by atoms with E-state index in [1.54, 1.807) is 0 Å². The number of anilines is 3. The molecule has 0 N–H and O–H groups in total. The number of hydrogen-bond acceptors (Lipinski definition) is 2. The molecule has 11 rings (SSSR count). The van der Waals surface area contributed by atoms with Crippen LogP contribution < -0.4 is 4.90 Å². The maximum atomic E-state index is 6.57. The van der Waals surface area contributed by atoms with Crippen LogP contribution in [0.25, 0.3) is 66.1 Å². The van der Waals surface area contributed by atoms with Crippen LogP contribution in [0.5, 0.6) is 0 Å². The molecule has 1 heterocycles. The predicted octanol–water partition coefficient (Wildman–Crippen LogP) is 18.2. The van der Waals surface area contributed by atoms with Crippen LogP contribution in [-0.4, -0.2) is 0 Å². The molecule has 0 aliphatic heterocycles. The van der Waals surface area contributed by atoms with Crippen molar-refractivity contribution in [1.82, 2.24) is 0 Å². The third-order valence-corrected chi connectivity index (χ3v) is 14.2. The number of hydrogen-bond donors (Lipinski definition) is 0. The van der Waals surface area contributed by atoms with Gasteiger partial charge < -0.3 is 9.32 Å². The molecular weight excluding hydrogens is 799 g/mol. The van der Waals surface area contributed by atoms with E-state index in [1.807, 2.05) is 6.07 Å². The van der Waals surface area contributed by atoms with E-state index in [2.05, 4.69) is 242 Å². The number of rotatable bonds is 6. The van der Waals surface area contributed by atoms with E-state index in [0.29, 0.717) is 0 Å². The monoisotopic (exact) mass is 855 g/mol. The lowest BCUT2D eigenvalue weighted by atomic mass is 9.78.